The fraction of sp³-hybridized carbons (Fsp3) is 0.286. The molecule has 2 nitrogen and oxygen atoms in total. The highest BCUT2D eigenvalue weighted by Gasteiger charge is 2.06. The van der Waals surface area contributed by atoms with Crippen LogP contribution in [-0.4, -0.2) is 13.2 Å². The van der Waals surface area contributed by atoms with Gasteiger partial charge in [0.2, 0.25) is 0 Å². The molecule has 84 valence electrons. The summed E-state index contributed by atoms with van der Waals surface area (Å²) in [6.07, 6.45) is 0.198. The number of rotatable bonds is 3. The zero-order chi connectivity index (χ0) is 11.5. The van der Waals surface area contributed by atoms with Gasteiger partial charge in [-0.05, 0) is 26.0 Å². The number of anilines is 1. The standard InChI is InChI=1S/C14H17NO/c1-10(2)16-14-9-8-13(15-3)11-6-4-5-7-12(11)14/h4-10,15H,1-3H3. The van der Waals surface area contributed by atoms with Crippen molar-refractivity contribution in [2.24, 2.45) is 0 Å². The van der Waals surface area contributed by atoms with Crippen molar-refractivity contribution >= 4 is 16.5 Å². The van der Waals surface area contributed by atoms with E-state index in [4.69, 9.17) is 4.74 Å². The molecule has 2 aromatic rings. The fourth-order valence-electron chi connectivity index (χ4n) is 1.85. The molecule has 0 aromatic heterocycles. The van der Waals surface area contributed by atoms with Crippen LogP contribution in [0, 0.1) is 0 Å². The molecular weight excluding hydrogens is 198 g/mol. The predicted octanol–water partition coefficient (Wildman–Crippen LogP) is 3.67. The summed E-state index contributed by atoms with van der Waals surface area (Å²) >= 11 is 0. The van der Waals surface area contributed by atoms with Crippen molar-refractivity contribution in [2.45, 2.75) is 20.0 Å². The largest absolute Gasteiger partial charge is 0.490 e. The second-order valence-corrected chi connectivity index (χ2v) is 4.07. The molecule has 0 saturated carbocycles. The lowest BCUT2D eigenvalue weighted by Crippen LogP contribution is -2.06. The minimum atomic E-state index is 0.198. The molecule has 0 saturated heterocycles. The number of benzene rings is 2. The normalized spacial score (nSPS) is 10.8. The van der Waals surface area contributed by atoms with E-state index in [0.717, 1.165) is 16.8 Å². The molecule has 0 spiro atoms. The van der Waals surface area contributed by atoms with Gasteiger partial charge in [-0.15, -0.1) is 0 Å². The molecule has 0 bridgehead atoms. The van der Waals surface area contributed by atoms with E-state index in [9.17, 15) is 0 Å². The van der Waals surface area contributed by atoms with Crippen LogP contribution in [0.15, 0.2) is 36.4 Å². The first-order valence-corrected chi connectivity index (χ1v) is 5.58. The van der Waals surface area contributed by atoms with E-state index in [2.05, 4.69) is 23.5 Å². The Bertz CT molecular complexity index is 491. The van der Waals surface area contributed by atoms with E-state index in [1.165, 1.54) is 5.39 Å². The number of hydrogen-bond acceptors (Lipinski definition) is 2. The van der Waals surface area contributed by atoms with Gasteiger partial charge in [-0.3, -0.25) is 0 Å². The molecule has 0 heterocycles. The Hall–Kier alpha value is -1.70. The first-order valence-electron chi connectivity index (χ1n) is 5.58. The van der Waals surface area contributed by atoms with Gasteiger partial charge in [-0.2, -0.15) is 0 Å². The first-order chi connectivity index (χ1) is 7.72. The second-order valence-electron chi connectivity index (χ2n) is 4.07. The minimum absolute atomic E-state index is 0.198. The SMILES string of the molecule is CNc1ccc(OC(C)C)c2ccccc12. The number of nitrogens with one attached hydrogen (secondary N) is 1. The van der Waals surface area contributed by atoms with E-state index in [1.54, 1.807) is 0 Å². The Balaban J connectivity index is 2.60. The molecule has 0 aliphatic heterocycles. The quantitative estimate of drug-likeness (QED) is 0.843. The fourth-order valence-corrected chi connectivity index (χ4v) is 1.85. The van der Waals surface area contributed by atoms with Crippen molar-refractivity contribution in [1.29, 1.82) is 0 Å². The molecule has 0 fully saturated rings. The molecule has 0 aliphatic carbocycles. The highest BCUT2D eigenvalue weighted by Crippen LogP contribution is 2.31. The Labute approximate surface area is 96.2 Å². The van der Waals surface area contributed by atoms with Gasteiger partial charge >= 0.3 is 0 Å². The van der Waals surface area contributed by atoms with Crippen LogP contribution < -0.4 is 10.1 Å². The molecule has 2 heteroatoms. The van der Waals surface area contributed by atoms with Crippen LogP contribution in [0.2, 0.25) is 0 Å². The monoisotopic (exact) mass is 215 g/mol. The maximum atomic E-state index is 5.80. The highest BCUT2D eigenvalue weighted by molar-refractivity contribution is 5.97. The van der Waals surface area contributed by atoms with Gasteiger partial charge in [0.1, 0.15) is 5.75 Å². The van der Waals surface area contributed by atoms with Gasteiger partial charge in [0.05, 0.1) is 6.10 Å². The maximum absolute atomic E-state index is 5.80. The predicted molar refractivity (Wildman–Crippen MR) is 69.3 cm³/mol. The van der Waals surface area contributed by atoms with E-state index in [1.807, 2.05) is 39.1 Å². The average Bonchev–Trinajstić information content (AvgIpc) is 2.29. The van der Waals surface area contributed by atoms with Gasteiger partial charge in [0, 0.05) is 23.5 Å². The third-order valence-corrected chi connectivity index (χ3v) is 2.52. The molecule has 2 rings (SSSR count). The van der Waals surface area contributed by atoms with Crippen LogP contribution in [0.3, 0.4) is 0 Å². The third-order valence-electron chi connectivity index (χ3n) is 2.52. The molecule has 0 unspecified atom stereocenters. The van der Waals surface area contributed by atoms with Gasteiger partial charge in [0.25, 0.3) is 0 Å². The summed E-state index contributed by atoms with van der Waals surface area (Å²) in [7, 11) is 1.94. The minimum Gasteiger partial charge on any atom is -0.490 e. The number of ether oxygens (including phenoxy) is 1. The molecule has 1 N–H and O–H groups in total. The van der Waals surface area contributed by atoms with Gasteiger partial charge in [-0.1, -0.05) is 24.3 Å². The Morgan fingerprint density at radius 2 is 1.69 bits per heavy atom. The third kappa shape index (κ3) is 1.96. The van der Waals surface area contributed by atoms with E-state index in [-0.39, 0.29) is 6.10 Å². The van der Waals surface area contributed by atoms with Crippen molar-refractivity contribution in [2.75, 3.05) is 12.4 Å². The lowest BCUT2D eigenvalue weighted by atomic mass is 10.1. The van der Waals surface area contributed by atoms with Gasteiger partial charge in [0.15, 0.2) is 0 Å². The van der Waals surface area contributed by atoms with E-state index >= 15 is 0 Å². The average molecular weight is 215 g/mol. The van der Waals surface area contributed by atoms with Crippen LogP contribution in [-0.2, 0) is 0 Å². The Morgan fingerprint density at radius 3 is 2.31 bits per heavy atom. The summed E-state index contributed by atoms with van der Waals surface area (Å²) in [5.41, 5.74) is 1.13. The first kappa shape index (κ1) is 10.8. The summed E-state index contributed by atoms with van der Waals surface area (Å²) in [4.78, 5) is 0. The Kier molecular flexibility index (Phi) is 3.00. The van der Waals surface area contributed by atoms with Crippen LogP contribution in [0.25, 0.3) is 10.8 Å². The molecule has 0 aliphatic rings. The van der Waals surface area contributed by atoms with Gasteiger partial charge in [-0.25, -0.2) is 0 Å². The molecule has 2 aromatic carbocycles. The summed E-state index contributed by atoms with van der Waals surface area (Å²) in [6, 6.07) is 12.4. The van der Waals surface area contributed by atoms with Crippen molar-refractivity contribution in [3.05, 3.63) is 36.4 Å². The molecule has 0 amide bonds. The second kappa shape index (κ2) is 4.44. The van der Waals surface area contributed by atoms with Crippen LogP contribution in [0.1, 0.15) is 13.8 Å². The number of hydrogen-bond donors (Lipinski definition) is 1. The lowest BCUT2D eigenvalue weighted by Gasteiger charge is -2.14. The topological polar surface area (TPSA) is 21.3 Å². The van der Waals surface area contributed by atoms with Crippen molar-refractivity contribution < 1.29 is 4.74 Å². The molecule has 0 atom stereocenters. The molecular formula is C14H17NO. The van der Waals surface area contributed by atoms with Gasteiger partial charge < -0.3 is 10.1 Å². The van der Waals surface area contributed by atoms with Crippen LogP contribution >= 0.6 is 0 Å². The highest BCUT2D eigenvalue weighted by atomic mass is 16.5. The van der Waals surface area contributed by atoms with E-state index < -0.39 is 0 Å². The summed E-state index contributed by atoms with van der Waals surface area (Å²) in [5, 5.41) is 5.55. The zero-order valence-electron chi connectivity index (χ0n) is 9.95. The smallest absolute Gasteiger partial charge is 0.127 e. The number of fused-ring (bicyclic) bond motifs is 1. The summed E-state index contributed by atoms with van der Waals surface area (Å²) in [6.45, 7) is 4.08. The molecule has 0 radical (unpaired) electrons. The lowest BCUT2D eigenvalue weighted by molar-refractivity contribution is 0.245. The van der Waals surface area contributed by atoms with Crippen molar-refractivity contribution in [3.8, 4) is 5.75 Å². The maximum Gasteiger partial charge on any atom is 0.127 e. The van der Waals surface area contributed by atoms with E-state index in [0.29, 0.717) is 0 Å². The summed E-state index contributed by atoms with van der Waals surface area (Å²) < 4.78 is 5.80. The zero-order valence-corrected chi connectivity index (χ0v) is 9.95. The van der Waals surface area contributed by atoms with Crippen molar-refractivity contribution in [1.82, 2.24) is 0 Å². The Morgan fingerprint density at radius 1 is 1.00 bits per heavy atom. The van der Waals surface area contributed by atoms with Crippen molar-refractivity contribution in [3.63, 3.8) is 0 Å². The van der Waals surface area contributed by atoms with Crippen LogP contribution in [0.4, 0.5) is 5.69 Å². The van der Waals surface area contributed by atoms with Crippen LogP contribution in [0.5, 0.6) is 5.75 Å². The summed E-state index contributed by atoms with van der Waals surface area (Å²) in [5.74, 6) is 0.949. The molecule has 16 heavy (non-hydrogen) atoms.